The number of fused-ring (bicyclic) bond motifs is 1. The highest BCUT2D eigenvalue weighted by Gasteiger charge is 2.22. The molecule has 0 N–H and O–H groups in total. The summed E-state index contributed by atoms with van der Waals surface area (Å²) in [5.41, 5.74) is 6.44. The molecule has 1 aromatic carbocycles. The zero-order chi connectivity index (χ0) is 15.1. The van der Waals surface area contributed by atoms with Gasteiger partial charge >= 0.3 is 0 Å². The molecule has 1 fully saturated rings. The molecule has 3 aromatic rings. The van der Waals surface area contributed by atoms with Crippen molar-refractivity contribution in [2.45, 2.75) is 39.7 Å². The fraction of sp³-hybridized carbons (Fsp3) is 0.350. The Morgan fingerprint density at radius 1 is 1.09 bits per heavy atom. The molecule has 0 radical (unpaired) electrons. The van der Waals surface area contributed by atoms with Crippen molar-refractivity contribution < 1.29 is 0 Å². The maximum atomic E-state index is 4.72. The van der Waals surface area contributed by atoms with Gasteiger partial charge in [-0.05, 0) is 44.2 Å². The predicted molar refractivity (Wildman–Crippen MR) is 99.2 cm³/mol. The predicted octanol–water partition coefficient (Wildman–Crippen LogP) is 5.54. The van der Waals surface area contributed by atoms with Crippen LogP contribution in [0.4, 0.5) is 0 Å². The van der Waals surface area contributed by atoms with Gasteiger partial charge in [0.25, 0.3) is 0 Å². The van der Waals surface area contributed by atoms with E-state index < -0.39 is 0 Å². The molecule has 0 amide bonds. The van der Waals surface area contributed by atoms with E-state index in [0.29, 0.717) is 0 Å². The van der Waals surface area contributed by atoms with Crippen molar-refractivity contribution in [1.29, 1.82) is 0 Å². The van der Waals surface area contributed by atoms with Crippen LogP contribution in [0.2, 0.25) is 0 Å². The van der Waals surface area contributed by atoms with Crippen LogP contribution in [0.5, 0.6) is 0 Å². The normalized spacial score (nSPS) is 14.5. The zero-order valence-corrected chi connectivity index (χ0v) is 14.6. The second-order valence-corrected chi connectivity index (χ2v) is 6.54. The molecule has 1 aliphatic rings. The smallest absolute Gasteiger partial charge is 0.0944 e. The van der Waals surface area contributed by atoms with Crippen LogP contribution in [-0.4, -0.2) is 9.55 Å². The Bertz CT molecular complexity index is 817. The Kier molecular flexibility index (Phi) is 4.45. The molecule has 2 aromatic heterocycles. The highest BCUT2D eigenvalue weighted by molar-refractivity contribution is 5.95. The second-order valence-electron chi connectivity index (χ2n) is 6.54. The van der Waals surface area contributed by atoms with Crippen LogP contribution in [0.1, 0.15) is 30.5 Å². The van der Waals surface area contributed by atoms with Crippen LogP contribution in [0.3, 0.4) is 0 Å². The first-order valence-corrected chi connectivity index (χ1v) is 8.25. The van der Waals surface area contributed by atoms with E-state index in [1.165, 1.54) is 47.0 Å². The van der Waals surface area contributed by atoms with Crippen molar-refractivity contribution in [1.82, 2.24) is 9.55 Å². The first kappa shape index (κ1) is 16.1. The summed E-state index contributed by atoms with van der Waals surface area (Å²) in [6, 6.07) is 12.7. The molecule has 0 atom stereocenters. The van der Waals surface area contributed by atoms with Gasteiger partial charge in [0, 0.05) is 29.4 Å². The van der Waals surface area contributed by atoms with E-state index in [-0.39, 0.29) is 12.4 Å². The third-order valence-electron chi connectivity index (χ3n) is 5.26. The van der Waals surface area contributed by atoms with Crippen LogP contribution in [0.25, 0.3) is 22.2 Å². The lowest BCUT2D eigenvalue weighted by atomic mass is 9.85. The molecule has 0 aliphatic heterocycles. The number of aromatic nitrogens is 2. The average molecular weight is 327 g/mol. The number of pyridine rings is 1. The highest BCUT2D eigenvalue weighted by atomic mass is 35.5. The largest absolute Gasteiger partial charge is 0.343 e. The quantitative estimate of drug-likeness (QED) is 0.617. The maximum Gasteiger partial charge on any atom is 0.0944 e. The lowest BCUT2D eigenvalue weighted by Crippen LogP contribution is -2.18. The Morgan fingerprint density at radius 3 is 2.48 bits per heavy atom. The van der Waals surface area contributed by atoms with Crippen LogP contribution in [-0.2, 0) is 6.54 Å². The molecule has 1 saturated carbocycles. The summed E-state index contributed by atoms with van der Waals surface area (Å²) >= 11 is 0. The van der Waals surface area contributed by atoms with Crippen molar-refractivity contribution in [3.8, 4) is 11.3 Å². The van der Waals surface area contributed by atoms with Crippen molar-refractivity contribution in [2.75, 3.05) is 0 Å². The highest BCUT2D eigenvalue weighted by Crippen LogP contribution is 2.35. The van der Waals surface area contributed by atoms with Crippen molar-refractivity contribution >= 4 is 23.3 Å². The molecule has 1 aliphatic carbocycles. The number of hydrogen-bond acceptors (Lipinski definition) is 1. The number of nitrogens with zero attached hydrogens (tertiary/aromatic N) is 2. The van der Waals surface area contributed by atoms with Gasteiger partial charge in [-0.3, -0.25) is 4.98 Å². The summed E-state index contributed by atoms with van der Waals surface area (Å²) in [6.45, 7) is 5.63. The summed E-state index contributed by atoms with van der Waals surface area (Å²) in [6.07, 6.45) is 6.09. The molecule has 120 valence electrons. The van der Waals surface area contributed by atoms with E-state index in [1.807, 2.05) is 6.20 Å². The van der Waals surface area contributed by atoms with Gasteiger partial charge < -0.3 is 4.57 Å². The first-order chi connectivity index (χ1) is 10.8. The van der Waals surface area contributed by atoms with Crippen LogP contribution in [0.15, 0.2) is 42.6 Å². The third-order valence-corrected chi connectivity index (χ3v) is 5.26. The molecule has 4 rings (SSSR count). The Balaban J connectivity index is 0.00000156. The molecule has 0 spiro atoms. The standard InChI is InChI=1S/C20H22N2.ClH/c1-14-15(2)22(13-16-7-6-8-16)20-18(14)11-12-21-19(20)17-9-4-3-5-10-17;/h3-5,9-12,16H,6-8,13H2,1-2H3;1H. The second kappa shape index (κ2) is 6.37. The van der Waals surface area contributed by atoms with Gasteiger partial charge in [0.1, 0.15) is 0 Å². The van der Waals surface area contributed by atoms with E-state index in [9.17, 15) is 0 Å². The van der Waals surface area contributed by atoms with Crippen LogP contribution < -0.4 is 0 Å². The molecule has 0 unspecified atom stereocenters. The molecule has 0 bridgehead atoms. The van der Waals surface area contributed by atoms with E-state index in [4.69, 9.17) is 4.98 Å². The lowest BCUT2D eigenvalue weighted by molar-refractivity contribution is 0.278. The number of halogens is 1. The maximum absolute atomic E-state index is 4.72. The molecular formula is C20H23ClN2. The number of hydrogen-bond donors (Lipinski definition) is 0. The zero-order valence-electron chi connectivity index (χ0n) is 13.7. The molecule has 0 saturated heterocycles. The van der Waals surface area contributed by atoms with E-state index in [2.05, 4.69) is 54.8 Å². The van der Waals surface area contributed by atoms with Gasteiger partial charge in [-0.15, -0.1) is 12.4 Å². The van der Waals surface area contributed by atoms with E-state index in [1.54, 1.807) is 0 Å². The Hall–Kier alpha value is -1.80. The van der Waals surface area contributed by atoms with Crippen molar-refractivity contribution in [3.05, 3.63) is 53.9 Å². The van der Waals surface area contributed by atoms with Crippen molar-refractivity contribution in [3.63, 3.8) is 0 Å². The molecular weight excluding hydrogens is 304 g/mol. The minimum Gasteiger partial charge on any atom is -0.343 e. The summed E-state index contributed by atoms with van der Waals surface area (Å²) in [5, 5.41) is 1.35. The summed E-state index contributed by atoms with van der Waals surface area (Å²) in [7, 11) is 0. The van der Waals surface area contributed by atoms with Gasteiger partial charge in [0.15, 0.2) is 0 Å². The van der Waals surface area contributed by atoms with E-state index >= 15 is 0 Å². The monoisotopic (exact) mass is 326 g/mol. The fourth-order valence-corrected chi connectivity index (χ4v) is 3.56. The van der Waals surface area contributed by atoms with Gasteiger partial charge in [0.05, 0.1) is 11.2 Å². The molecule has 2 heterocycles. The Labute approximate surface area is 144 Å². The van der Waals surface area contributed by atoms with E-state index in [0.717, 1.165) is 18.2 Å². The first-order valence-electron chi connectivity index (χ1n) is 8.25. The molecule has 3 heteroatoms. The number of benzene rings is 1. The fourth-order valence-electron chi connectivity index (χ4n) is 3.56. The topological polar surface area (TPSA) is 17.8 Å². The molecule has 23 heavy (non-hydrogen) atoms. The SMILES string of the molecule is Cc1c(C)n(CC2CCC2)c2c(-c3ccccc3)nccc12.Cl. The number of rotatable bonds is 3. The minimum absolute atomic E-state index is 0. The van der Waals surface area contributed by atoms with Crippen molar-refractivity contribution in [2.24, 2.45) is 5.92 Å². The average Bonchev–Trinajstić information content (AvgIpc) is 2.76. The van der Waals surface area contributed by atoms with Crippen LogP contribution >= 0.6 is 12.4 Å². The third kappa shape index (κ3) is 2.66. The lowest BCUT2D eigenvalue weighted by Gasteiger charge is -2.27. The van der Waals surface area contributed by atoms with Crippen LogP contribution in [0, 0.1) is 19.8 Å². The number of aryl methyl sites for hydroxylation is 1. The Morgan fingerprint density at radius 2 is 1.83 bits per heavy atom. The van der Waals surface area contributed by atoms with Gasteiger partial charge in [-0.2, -0.15) is 0 Å². The molecule has 2 nitrogen and oxygen atoms in total. The summed E-state index contributed by atoms with van der Waals surface area (Å²) in [5.74, 6) is 0.845. The van der Waals surface area contributed by atoms with Gasteiger partial charge in [-0.1, -0.05) is 36.8 Å². The van der Waals surface area contributed by atoms with Gasteiger partial charge in [0.2, 0.25) is 0 Å². The van der Waals surface area contributed by atoms with Gasteiger partial charge in [-0.25, -0.2) is 0 Å². The summed E-state index contributed by atoms with van der Waals surface area (Å²) in [4.78, 5) is 4.72. The summed E-state index contributed by atoms with van der Waals surface area (Å²) < 4.78 is 2.52. The minimum atomic E-state index is 0.